The monoisotopic (exact) mass is 320 g/mol. The summed E-state index contributed by atoms with van der Waals surface area (Å²) < 4.78 is 0. The summed E-state index contributed by atoms with van der Waals surface area (Å²) in [5.41, 5.74) is 9.51. The maximum atomic E-state index is 12.4. The fraction of sp³-hybridized carbons (Fsp3) is 0.188. The van der Waals surface area contributed by atoms with Gasteiger partial charge in [0.2, 0.25) is 5.91 Å². The maximum absolute atomic E-state index is 12.4. The molecule has 1 atom stereocenters. The number of hydrogen-bond acceptors (Lipinski definition) is 2. The number of aryl methyl sites for hydroxylation is 1. The lowest BCUT2D eigenvalue weighted by Crippen LogP contribution is -2.31. The van der Waals surface area contributed by atoms with Crippen molar-refractivity contribution < 1.29 is 4.79 Å². The molecule has 0 fully saturated rings. The number of amides is 1. The Morgan fingerprint density at radius 3 is 2.52 bits per heavy atom. The summed E-state index contributed by atoms with van der Waals surface area (Å²) in [4.78, 5) is 14.1. The van der Waals surface area contributed by atoms with E-state index in [0.717, 1.165) is 22.4 Å². The van der Waals surface area contributed by atoms with E-state index in [4.69, 9.17) is 28.9 Å². The predicted molar refractivity (Wildman–Crippen MR) is 85.8 cm³/mol. The van der Waals surface area contributed by atoms with Gasteiger partial charge in [-0.25, -0.2) is 0 Å². The van der Waals surface area contributed by atoms with Crippen LogP contribution < -0.4 is 10.6 Å². The van der Waals surface area contributed by atoms with Crippen LogP contribution in [-0.4, -0.2) is 5.91 Å². The first-order valence-electron chi connectivity index (χ1n) is 6.59. The first-order chi connectivity index (χ1) is 9.99. The number of rotatable bonds is 2. The van der Waals surface area contributed by atoms with Gasteiger partial charge in [-0.05, 0) is 25.1 Å². The molecule has 1 aliphatic heterocycles. The third-order valence-corrected chi connectivity index (χ3v) is 4.43. The highest BCUT2D eigenvalue weighted by Crippen LogP contribution is 2.37. The average molecular weight is 321 g/mol. The van der Waals surface area contributed by atoms with Gasteiger partial charge in [0, 0.05) is 26.9 Å². The minimum atomic E-state index is -0.624. The number of carbonyl (C=O) groups is 1. The third-order valence-electron chi connectivity index (χ3n) is 3.72. The van der Waals surface area contributed by atoms with E-state index in [0.29, 0.717) is 16.6 Å². The van der Waals surface area contributed by atoms with Gasteiger partial charge in [0.1, 0.15) is 6.04 Å². The van der Waals surface area contributed by atoms with Crippen LogP contribution in [0.4, 0.5) is 5.69 Å². The van der Waals surface area contributed by atoms with Crippen molar-refractivity contribution >= 4 is 34.8 Å². The zero-order valence-electron chi connectivity index (χ0n) is 11.4. The fourth-order valence-electron chi connectivity index (χ4n) is 2.59. The zero-order chi connectivity index (χ0) is 15.1. The highest BCUT2D eigenvalue weighted by Gasteiger charge is 2.35. The summed E-state index contributed by atoms with van der Waals surface area (Å²) in [6, 6.07) is 10.5. The van der Waals surface area contributed by atoms with E-state index in [1.807, 2.05) is 25.1 Å². The number of halogens is 2. The van der Waals surface area contributed by atoms with Gasteiger partial charge in [-0.1, -0.05) is 47.0 Å². The predicted octanol–water partition coefficient (Wildman–Crippen LogP) is 3.85. The van der Waals surface area contributed by atoms with E-state index in [-0.39, 0.29) is 5.91 Å². The first kappa shape index (κ1) is 14.4. The molecule has 1 heterocycles. The normalized spacial score (nSPS) is 17.2. The lowest BCUT2D eigenvalue weighted by molar-refractivity contribution is -0.119. The summed E-state index contributed by atoms with van der Waals surface area (Å²) >= 11 is 12.4. The van der Waals surface area contributed by atoms with Crippen molar-refractivity contribution in [1.29, 1.82) is 0 Å². The standard InChI is InChI=1S/C16H14Cl2N2O/c1-9-5-6-14-10(7-9)15(19)16(21)20(14)8-11-12(17)3-2-4-13(11)18/h2-7,15H,8,19H2,1H3. The van der Waals surface area contributed by atoms with E-state index >= 15 is 0 Å². The number of anilines is 1. The largest absolute Gasteiger partial charge is 0.316 e. The molecule has 108 valence electrons. The van der Waals surface area contributed by atoms with E-state index in [9.17, 15) is 4.79 Å². The van der Waals surface area contributed by atoms with E-state index in [1.165, 1.54) is 0 Å². The molecule has 5 heteroatoms. The number of nitrogens with zero attached hydrogens (tertiary/aromatic N) is 1. The minimum Gasteiger partial charge on any atom is -0.316 e. The lowest BCUT2D eigenvalue weighted by atomic mass is 10.1. The molecule has 21 heavy (non-hydrogen) atoms. The van der Waals surface area contributed by atoms with Crippen molar-refractivity contribution in [3.63, 3.8) is 0 Å². The van der Waals surface area contributed by atoms with E-state index in [2.05, 4.69) is 0 Å². The van der Waals surface area contributed by atoms with Crippen molar-refractivity contribution in [2.75, 3.05) is 4.90 Å². The molecule has 0 saturated carbocycles. The van der Waals surface area contributed by atoms with Gasteiger partial charge in [-0.3, -0.25) is 4.79 Å². The molecule has 0 bridgehead atoms. The number of fused-ring (bicyclic) bond motifs is 1. The molecule has 2 aromatic carbocycles. The van der Waals surface area contributed by atoms with Crippen LogP contribution in [0.1, 0.15) is 22.7 Å². The van der Waals surface area contributed by atoms with Crippen molar-refractivity contribution in [2.45, 2.75) is 19.5 Å². The van der Waals surface area contributed by atoms with Gasteiger partial charge in [-0.15, -0.1) is 0 Å². The average Bonchev–Trinajstić information content (AvgIpc) is 2.67. The molecule has 3 rings (SSSR count). The molecule has 1 amide bonds. The molecule has 2 aromatic rings. The Bertz CT molecular complexity index is 710. The molecule has 0 spiro atoms. The topological polar surface area (TPSA) is 46.3 Å². The van der Waals surface area contributed by atoms with Crippen molar-refractivity contribution in [2.24, 2.45) is 5.73 Å². The van der Waals surface area contributed by atoms with Crippen molar-refractivity contribution in [3.8, 4) is 0 Å². The molecule has 2 N–H and O–H groups in total. The second-order valence-electron chi connectivity index (χ2n) is 5.16. The number of nitrogens with two attached hydrogens (primary N) is 1. The zero-order valence-corrected chi connectivity index (χ0v) is 12.9. The summed E-state index contributed by atoms with van der Waals surface area (Å²) in [7, 11) is 0. The molecule has 0 aromatic heterocycles. The smallest absolute Gasteiger partial charge is 0.248 e. The Labute approximate surface area is 133 Å². The Morgan fingerprint density at radius 1 is 1.19 bits per heavy atom. The summed E-state index contributed by atoms with van der Waals surface area (Å²) in [5, 5.41) is 1.09. The SMILES string of the molecule is Cc1ccc2c(c1)C(N)C(=O)N2Cc1c(Cl)cccc1Cl. The summed E-state index contributed by atoms with van der Waals surface area (Å²) in [6.07, 6.45) is 0. The van der Waals surface area contributed by atoms with Crippen LogP contribution in [0.3, 0.4) is 0 Å². The van der Waals surface area contributed by atoms with Crippen LogP contribution >= 0.6 is 23.2 Å². The van der Waals surface area contributed by atoms with Gasteiger partial charge in [-0.2, -0.15) is 0 Å². The Balaban J connectivity index is 2.03. The Hall–Kier alpha value is -1.55. The lowest BCUT2D eigenvalue weighted by Gasteiger charge is -2.19. The van der Waals surface area contributed by atoms with Crippen LogP contribution in [0.2, 0.25) is 10.0 Å². The minimum absolute atomic E-state index is 0.133. The Kier molecular flexibility index (Phi) is 3.66. The molecule has 3 nitrogen and oxygen atoms in total. The highest BCUT2D eigenvalue weighted by molar-refractivity contribution is 6.36. The number of carbonyl (C=O) groups excluding carboxylic acids is 1. The molecule has 0 saturated heterocycles. The molecular formula is C16H14Cl2N2O. The molecular weight excluding hydrogens is 307 g/mol. The van der Waals surface area contributed by atoms with Crippen LogP contribution in [0.5, 0.6) is 0 Å². The quantitative estimate of drug-likeness (QED) is 0.913. The third kappa shape index (κ3) is 2.42. The van der Waals surface area contributed by atoms with Crippen molar-refractivity contribution in [1.82, 2.24) is 0 Å². The van der Waals surface area contributed by atoms with Gasteiger partial charge >= 0.3 is 0 Å². The highest BCUT2D eigenvalue weighted by atomic mass is 35.5. The second-order valence-corrected chi connectivity index (χ2v) is 5.98. The molecule has 1 unspecified atom stereocenters. The van der Waals surface area contributed by atoms with Gasteiger partial charge in [0.05, 0.1) is 6.54 Å². The fourth-order valence-corrected chi connectivity index (χ4v) is 3.11. The van der Waals surface area contributed by atoms with Gasteiger partial charge < -0.3 is 10.6 Å². The summed E-state index contributed by atoms with van der Waals surface area (Å²) in [5.74, 6) is -0.133. The van der Waals surface area contributed by atoms with Gasteiger partial charge in [0.25, 0.3) is 0 Å². The van der Waals surface area contributed by atoms with Crippen molar-refractivity contribution in [3.05, 3.63) is 63.1 Å². The number of benzene rings is 2. The van der Waals surface area contributed by atoms with Crippen LogP contribution in [0, 0.1) is 6.92 Å². The summed E-state index contributed by atoms with van der Waals surface area (Å²) in [6.45, 7) is 2.30. The Morgan fingerprint density at radius 2 is 1.86 bits per heavy atom. The molecule has 0 aliphatic carbocycles. The molecule has 0 radical (unpaired) electrons. The number of hydrogen-bond donors (Lipinski definition) is 1. The van der Waals surface area contributed by atoms with Crippen LogP contribution in [0.15, 0.2) is 36.4 Å². The van der Waals surface area contributed by atoms with Gasteiger partial charge in [0.15, 0.2) is 0 Å². The molecule has 1 aliphatic rings. The van der Waals surface area contributed by atoms with Crippen LogP contribution in [-0.2, 0) is 11.3 Å². The second kappa shape index (κ2) is 5.34. The van der Waals surface area contributed by atoms with Crippen LogP contribution in [0.25, 0.3) is 0 Å². The first-order valence-corrected chi connectivity index (χ1v) is 7.35. The van der Waals surface area contributed by atoms with E-state index < -0.39 is 6.04 Å². The maximum Gasteiger partial charge on any atom is 0.248 e. The van der Waals surface area contributed by atoms with E-state index in [1.54, 1.807) is 23.1 Å².